The maximum absolute atomic E-state index is 13.2. The van der Waals surface area contributed by atoms with Crippen LogP contribution in [0.15, 0.2) is 42.6 Å². The SMILES string of the molecule is COC(=O)C(C)CN(Cc1ccccn1)C(=O)c1cc(OC)cc(OC)c1. The minimum absolute atomic E-state index is 0.196. The number of pyridine rings is 1. The summed E-state index contributed by atoms with van der Waals surface area (Å²) in [6.45, 7) is 2.18. The molecule has 0 aliphatic rings. The van der Waals surface area contributed by atoms with Crippen LogP contribution in [0.3, 0.4) is 0 Å². The summed E-state index contributed by atoms with van der Waals surface area (Å²) in [5.41, 5.74) is 1.12. The number of carbonyl (C=O) groups is 2. The van der Waals surface area contributed by atoms with Gasteiger partial charge in [0, 0.05) is 24.4 Å². The molecule has 0 saturated heterocycles. The first kappa shape index (κ1) is 20.2. The van der Waals surface area contributed by atoms with E-state index in [0.29, 0.717) is 17.1 Å². The van der Waals surface area contributed by atoms with Gasteiger partial charge in [-0.1, -0.05) is 13.0 Å². The smallest absolute Gasteiger partial charge is 0.310 e. The van der Waals surface area contributed by atoms with Crippen LogP contribution < -0.4 is 9.47 Å². The first-order valence-electron chi connectivity index (χ1n) is 8.48. The van der Waals surface area contributed by atoms with Gasteiger partial charge in [-0.15, -0.1) is 0 Å². The third-order valence-electron chi connectivity index (χ3n) is 4.06. The second-order valence-electron chi connectivity index (χ2n) is 6.03. The Morgan fingerprint density at radius 2 is 1.74 bits per heavy atom. The summed E-state index contributed by atoms with van der Waals surface area (Å²) >= 11 is 0. The second kappa shape index (κ2) is 9.56. The summed E-state index contributed by atoms with van der Waals surface area (Å²) in [5, 5.41) is 0. The summed E-state index contributed by atoms with van der Waals surface area (Å²) in [5.74, 6) is -0.0891. The Morgan fingerprint density at radius 3 is 2.26 bits per heavy atom. The zero-order valence-electron chi connectivity index (χ0n) is 16.0. The first-order chi connectivity index (χ1) is 13.0. The van der Waals surface area contributed by atoms with Crippen molar-refractivity contribution in [2.24, 2.45) is 5.92 Å². The van der Waals surface area contributed by atoms with E-state index in [1.165, 1.54) is 21.3 Å². The normalized spacial score (nSPS) is 11.4. The van der Waals surface area contributed by atoms with E-state index in [4.69, 9.17) is 14.2 Å². The Balaban J connectivity index is 2.33. The zero-order valence-corrected chi connectivity index (χ0v) is 16.0. The zero-order chi connectivity index (χ0) is 19.8. The molecule has 0 aliphatic carbocycles. The molecule has 1 amide bonds. The maximum atomic E-state index is 13.2. The van der Waals surface area contributed by atoms with E-state index in [9.17, 15) is 9.59 Å². The molecule has 1 aromatic heterocycles. The van der Waals surface area contributed by atoms with E-state index in [1.807, 2.05) is 12.1 Å². The standard InChI is InChI=1S/C20H24N2O5/c1-14(20(24)27-4)12-22(13-16-7-5-6-8-21-16)19(23)15-9-17(25-2)11-18(10-15)26-3/h5-11,14H,12-13H2,1-4H3. The van der Waals surface area contributed by atoms with E-state index in [1.54, 1.807) is 42.3 Å². The molecular formula is C20H24N2O5. The number of aromatic nitrogens is 1. The molecule has 0 radical (unpaired) electrons. The van der Waals surface area contributed by atoms with Crippen LogP contribution in [0.4, 0.5) is 0 Å². The van der Waals surface area contributed by atoms with Crippen molar-refractivity contribution in [3.63, 3.8) is 0 Å². The van der Waals surface area contributed by atoms with E-state index in [-0.39, 0.29) is 25.0 Å². The molecule has 0 N–H and O–H groups in total. The minimum atomic E-state index is -0.477. The van der Waals surface area contributed by atoms with Gasteiger partial charge in [-0.25, -0.2) is 0 Å². The number of hydrogen-bond acceptors (Lipinski definition) is 6. The van der Waals surface area contributed by atoms with E-state index in [0.717, 1.165) is 5.69 Å². The van der Waals surface area contributed by atoms with E-state index < -0.39 is 5.92 Å². The van der Waals surface area contributed by atoms with Crippen molar-refractivity contribution in [3.8, 4) is 11.5 Å². The van der Waals surface area contributed by atoms with Crippen molar-refractivity contribution in [1.29, 1.82) is 0 Å². The lowest BCUT2D eigenvalue weighted by atomic mass is 10.1. The van der Waals surface area contributed by atoms with Gasteiger partial charge in [-0.2, -0.15) is 0 Å². The highest BCUT2D eigenvalue weighted by molar-refractivity contribution is 5.95. The Bertz CT molecular complexity index is 757. The Morgan fingerprint density at radius 1 is 1.07 bits per heavy atom. The van der Waals surface area contributed by atoms with Crippen molar-refractivity contribution in [3.05, 3.63) is 53.9 Å². The highest BCUT2D eigenvalue weighted by atomic mass is 16.5. The van der Waals surface area contributed by atoms with Crippen molar-refractivity contribution in [2.45, 2.75) is 13.5 Å². The topological polar surface area (TPSA) is 78.0 Å². The Hall–Kier alpha value is -3.09. The van der Waals surface area contributed by atoms with E-state index in [2.05, 4.69) is 4.98 Å². The molecule has 0 spiro atoms. The quantitative estimate of drug-likeness (QED) is 0.663. The number of amides is 1. The van der Waals surface area contributed by atoms with Crippen LogP contribution >= 0.6 is 0 Å². The van der Waals surface area contributed by atoms with Gasteiger partial charge in [0.05, 0.1) is 39.5 Å². The predicted molar refractivity (Wildman–Crippen MR) is 99.7 cm³/mol. The molecule has 0 bridgehead atoms. The number of carbonyl (C=O) groups excluding carboxylic acids is 2. The Labute approximate surface area is 158 Å². The number of benzene rings is 1. The summed E-state index contributed by atoms with van der Waals surface area (Å²) in [6.07, 6.45) is 1.66. The molecule has 0 aliphatic heterocycles. The van der Waals surface area contributed by atoms with Crippen LogP contribution in [0.25, 0.3) is 0 Å². The van der Waals surface area contributed by atoms with Gasteiger partial charge in [0.15, 0.2) is 0 Å². The van der Waals surface area contributed by atoms with Gasteiger partial charge in [0.1, 0.15) is 11.5 Å². The van der Waals surface area contributed by atoms with Gasteiger partial charge in [0.25, 0.3) is 5.91 Å². The fourth-order valence-electron chi connectivity index (χ4n) is 2.63. The number of rotatable bonds is 8. The summed E-state index contributed by atoms with van der Waals surface area (Å²) in [7, 11) is 4.37. The van der Waals surface area contributed by atoms with Crippen LogP contribution in [-0.4, -0.2) is 49.6 Å². The molecule has 2 aromatic rings. The van der Waals surface area contributed by atoms with Crippen molar-refractivity contribution >= 4 is 11.9 Å². The molecule has 1 unspecified atom stereocenters. The lowest BCUT2D eigenvalue weighted by Crippen LogP contribution is -2.37. The summed E-state index contributed by atoms with van der Waals surface area (Å²) in [4.78, 5) is 30.9. The fraction of sp³-hybridized carbons (Fsp3) is 0.350. The summed E-state index contributed by atoms with van der Waals surface area (Å²) in [6, 6.07) is 10.5. The molecular weight excluding hydrogens is 348 g/mol. The lowest BCUT2D eigenvalue weighted by molar-refractivity contribution is -0.145. The average molecular weight is 372 g/mol. The first-order valence-corrected chi connectivity index (χ1v) is 8.48. The van der Waals surface area contributed by atoms with Gasteiger partial charge in [-0.3, -0.25) is 14.6 Å². The number of hydrogen-bond donors (Lipinski definition) is 0. The third-order valence-corrected chi connectivity index (χ3v) is 4.06. The van der Waals surface area contributed by atoms with Crippen LogP contribution in [-0.2, 0) is 16.1 Å². The van der Waals surface area contributed by atoms with Crippen molar-refractivity contribution in [1.82, 2.24) is 9.88 Å². The van der Waals surface area contributed by atoms with Crippen LogP contribution in [0.2, 0.25) is 0 Å². The fourth-order valence-corrected chi connectivity index (χ4v) is 2.63. The monoisotopic (exact) mass is 372 g/mol. The van der Waals surface area contributed by atoms with E-state index >= 15 is 0 Å². The van der Waals surface area contributed by atoms with Crippen LogP contribution in [0.1, 0.15) is 23.0 Å². The molecule has 0 saturated carbocycles. The maximum Gasteiger partial charge on any atom is 0.310 e. The van der Waals surface area contributed by atoms with Gasteiger partial charge >= 0.3 is 5.97 Å². The summed E-state index contributed by atoms with van der Waals surface area (Å²) < 4.78 is 15.3. The molecule has 0 fully saturated rings. The van der Waals surface area contributed by atoms with Crippen LogP contribution in [0, 0.1) is 5.92 Å². The third kappa shape index (κ3) is 5.44. The predicted octanol–water partition coefficient (Wildman–Crippen LogP) is 2.55. The average Bonchev–Trinajstić information content (AvgIpc) is 2.72. The molecule has 1 heterocycles. The number of ether oxygens (including phenoxy) is 3. The number of nitrogens with zero attached hydrogens (tertiary/aromatic N) is 2. The van der Waals surface area contributed by atoms with Crippen molar-refractivity contribution < 1.29 is 23.8 Å². The second-order valence-corrected chi connectivity index (χ2v) is 6.03. The highest BCUT2D eigenvalue weighted by Crippen LogP contribution is 2.24. The molecule has 7 heteroatoms. The number of methoxy groups -OCH3 is 3. The van der Waals surface area contributed by atoms with Crippen molar-refractivity contribution in [2.75, 3.05) is 27.9 Å². The number of esters is 1. The largest absolute Gasteiger partial charge is 0.497 e. The van der Waals surface area contributed by atoms with Gasteiger partial charge in [-0.05, 0) is 24.3 Å². The van der Waals surface area contributed by atoms with Crippen LogP contribution in [0.5, 0.6) is 11.5 Å². The minimum Gasteiger partial charge on any atom is -0.497 e. The molecule has 144 valence electrons. The molecule has 1 atom stereocenters. The highest BCUT2D eigenvalue weighted by Gasteiger charge is 2.24. The molecule has 1 aromatic carbocycles. The molecule has 7 nitrogen and oxygen atoms in total. The van der Waals surface area contributed by atoms with Gasteiger partial charge in [0.2, 0.25) is 0 Å². The Kier molecular flexibility index (Phi) is 7.16. The lowest BCUT2D eigenvalue weighted by Gasteiger charge is -2.25. The molecule has 2 rings (SSSR count). The van der Waals surface area contributed by atoms with Gasteiger partial charge < -0.3 is 19.1 Å². The molecule has 27 heavy (non-hydrogen) atoms.